The second-order valence-electron chi connectivity index (χ2n) is 4.47. The van der Waals surface area contributed by atoms with E-state index in [1.165, 1.54) is 25.3 Å². The highest BCUT2D eigenvalue weighted by Crippen LogP contribution is 2.22. The van der Waals surface area contributed by atoms with Gasteiger partial charge in [-0.25, -0.2) is 0 Å². The van der Waals surface area contributed by atoms with Crippen LogP contribution in [0.25, 0.3) is 0 Å². The summed E-state index contributed by atoms with van der Waals surface area (Å²) in [7, 11) is -4.00. The Morgan fingerprint density at radius 1 is 1.36 bits per heavy atom. The van der Waals surface area contributed by atoms with Crippen molar-refractivity contribution in [3.8, 4) is 0 Å². The Balaban J connectivity index is 2.30. The molecule has 1 heterocycles. The normalized spacial score (nSPS) is 12.2. The van der Waals surface area contributed by atoms with Gasteiger partial charge in [-0.1, -0.05) is 6.07 Å². The summed E-state index contributed by atoms with van der Waals surface area (Å²) in [4.78, 5) is 12.0. The molecule has 0 aliphatic carbocycles. The number of aryl methyl sites for hydroxylation is 1. The predicted octanol–water partition coefficient (Wildman–Crippen LogP) is 2.20. The summed E-state index contributed by atoms with van der Waals surface area (Å²) in [6.45, 7) is 3.10. The molecule has 0 radical (unpaired) electrons. The fourth-order valence-electron chi connectivity index (χ4n) is 1.67. The molecule has 22 heavy (non-hydrogen) atoms. The van der Waals surface area contributed by atoms with Crippen molar-refractivity contribution in [1.82, 2.24) is 4.83 Å². The van der Waals surface area contributed by atoms with Crippen LogP contribution in [0.5, 0.6) is 0 Å². The van der Waals surface area contributed by atoms with Gasteiger partial charge in [0, 0.05) is 11.6 Å². The fourth-order valence-corrected chi connectivity index (χ4v) is 2.55. The molecule has 1 aromatic carbocycles. The molecule has 0 spiro atoms. The molecule has 0 saturated heterocycles. The molecule has 0 fully saturated rings. The van der Waals surface area contributed by atoms with E-state index in [1.54, 1.807) is 19.1 Å². The van der Waals surface area contributed by atoms with Gasteiger partial charge in [0.15, 0.2) is 0 Å². The molecule has 2 aromatic rings. The number of hydrazone groups is 1. The Bertz CT molecular complexity index is 825. The highest BCUT2D eigenvalue weighted by atomic mass is 32.2. The second-order valence-corrected chi connectivity index (χ2v) is 6.14. The van der Waals surface area contributed by atoms with Gasteiger partial charge in [0.2, 0.25) is 0 Å². The van der Waals surface area contributed by atoms with E-state index >= 15 is 0 Å². The molecule has 116 valence electrons. The molecule has 8 nitrogen and oxygen atoms in total. The summed E-state index contributed by atoms with van der Waals surface area (Å²) < 4.78 is 29.3. The van der Waals surface area contributed by atoms with Gasteiger partial charge in [-0.3, -0.25) is 10.1 Å². The average Bonchev–Trinajstić information content (AvgIpc) is 2.99. The van der Waals surface area contributed by atoms with E-state index in [1.807, 2.05) is 4.83 Å². The van der Waals surface area contributed by atoms with Crippen molar-refractivity contribution in [3.05, 3.63) is 58.0 Å². The third kappa shape index (κ3) is 3.31. The van der Waals surface area contributed by atoms with Crippen molar-refractivity contribution in [2.45, 2.75) is 18.7 Å². The molecular weight excluding hydrogens is 310 g/mol. The van der Waals surface area contributed by atoms with E-state index in [0.717, 1.165) is 6.07 Å². The van der Waals surface area contributed by atoms with E-state index in [4.69, 9.17) is 4.42 Å². The second kappa shape index (κ2) is 5.98. The number of sulfonamides is 1. The van der Waals surface area contributed by atoms with Gasteiger partial charge in [0.1, 0.15) is 11.5 Å². The largest absolute Gasteiger partial charge is 0.463 e. The molecule has 1 N–H and O–H groups in total. The van der Waals surface area contributed by atoms with Crippen LogP contribution in [-0.2, 0) is 10.0 Å². The van der Waals surface area contributed by atoms with Crippen molar-refractivity contribution >= 4 is 21.4 Å². The van der Waals surface area contributed by atoms with Gasteiger partial charge in [-0.15, -0.1) is 0 Å². The molecule has 1 aromatic heterocycles. The van der Waals surface area contributed by atoms with E-state index in [0.29, 0.717) is 17.0 Å². The third-order valence-electron chi connectivity index (χ3n) is 2.90. The number of nitrogens with one attached hydrogen (secondary N) is 1. The Labute approximate surface area is 126 Å². The van der Waals surface area contributed by atoms with Crippen LogP contribution in [0.3, 0.4) is 0 Å². The number of rotatable bonds is 5. The highest BCUT2D eigenvalue weighted by molar-refractivity contribution is 7.89. The van der Waals surface area contributed by atoms with E-state index < -0.39 is 14.9 Å². The SMILES string of the molecule is C/C(=N\NS(=O)(=O)c1ccc(C)c([N+](=O)[O-])c1)c1ccco1. The number of nitro groups is 1. The Morgan fingerprint density at radius 2 is 2.09 bits per heavy atom. The highest BCUT2D eigenvalue weighted by Gasteiger charge is 2.19. The molecule has 0 amide bonds. The lowest BCUT2D eigenvalue weighted by Crippen LogP contribution is -2.20. The van der Waals surface area contributed by atoms with Gasteiger partial charge >= 0.3 is 0 Å². The van der Waals surface area contributed by atoms with Gasteiger partial charge in [0.25, 0.3) is 15.7 Å². The number of nitrogens with zero attached hydrogens (tertiary/aromatic N) is 2. The van der Waals surface area contributed by atoms with Crippen LogP contribution in [0, 0.1) is 17.0 Å². The zero-order valence-corrected chi connectivity index (χ0v) is 12.6. The summed E-state index contributed by atoms with van der Waals surface area (Å²) in [6, 6.07) is 6.92. The summed E-state index contributed by atoms with van der Waals surface area (Å²) in [6.07, 6.45) is 1.44. The fraction of sp³-hybridized carbons (Fsp3) is 0.154. The van der Waals surface area contributed by atoms with E-state index in [9.17, 15) is 18.5 Å². The molecule has 9 heteroatoms. The zero-order chi connectivity index (χ0) is 16.3. The minimum atomic E-state index is -4.00. The van der Waals surface area contributed by atoms with E-state index in [-0.39, 0.29) is 10.6 Å². The maximum absolute atomic E-state index is 12.1. The Hall–Kier alpha value is -2.68. The molecule has 0 aliphatic rings. The van der Waals surface area contributed by atoms with Gasteiger partial charge in [-0.2, -0.15) is 18.4 Å². The standard InChI is InChI=1S/C13H13N3O5S/c1-9-5-6-11(8-12(9)16(17)18)22(19,20)15-14-10(2)13-4-3-7-21-13/h3-8,15H,1-2H3/b14-10+. The minimum absolute atomic E-state index is 0.235. The molecule has 0 bridgehead atoms. The first-order valence-corrected chi connectivity index (χ1v) is 7.64. The monoisotopic (exact) mass is 323 g/mol. The van der Waals surface area contributed by atoms with Gasteiger partial charge in [0.05, 0.1) is 16.1 Å². The Morgan fingerprint density at radius 3 is 2.68 bits per heavy atom. The maximum atomic E-state index is 12.1. The maximum Gasteiger partial charge on any atom is 0.276 e. The van der Waals surface area contributed by atoms with Crippen LogP contribution in [-0.4, -0.2) is 19.1 Å². The average molecular weight is 323 g/mol. The first-order chi connectivity index (χ1) is 10.3. The van der Waals surface area contributed by atoms with Crippen molar-refractivity contribution in [1.29, 1.82) is 0 Å². The van der Waals surface area contributed by atoms with Crippen LogP contribution in [0.15, 0.2) is 51.0 Å². The minimum Gasteiger partial charge on any atom is -0.463 e. The predicted molar refractivity (Wildman–Crippen MR) is 79.1 cm³/mol. The lowest BCUT2D eigenvalue weighted by Gasteiger charge is -2.05. The van der Waals surface area contributed by atoms with Crippen LogP contribution in [0.2, 0.25) is 0 Å². The molecule has 0 saturated carbocycles. The van der Waals surface area contributed by atoms with Crippen molar-refractivity contribution in [2.75, 3.05) is 0 Å². The van der Waals surface area contributed by atoms with Crippen molar-refractivity contribution in [2.24, 2.45) is 5.10 Å². The summed E-state index contributed by atoms with van der Waals surface area (Å²) in [5.41, 5.74) is 0.434. The molecule has 0 aliphatic heterocycles. The number of nitro benzene ring substituents is 1. The number of hydrogen-bond donors (Lipinski definition) is 1. The zero-order valence-electron chi connectivity index (χ0n) is 11.8. The quantitative estimate of drug-likeness (QED) is 0.514. The van der Waals surface area contributed by atoms with E-state index in [2.05, 4.69) is 5.10 Å². The third-order valence-corrected chi connectivity index (χ3v) is 4.11. The Kier molecular flexibility index (Phi) is 4.27. The number of benzene rings is 1. The van der Waals surface area contributed by atoms with Crippen LogP contribution < -0.4 is 4.83 Å². The number of hydrogen-bond acceptors (Lipinski definition) is 6. The lowest BCUT2D eigenvalue weighted by molar-refractivity contribution is -0.385. The molecular formula is C13H13N3O5S. The van der Waals surface area contributed by atoms with Crippen LogP contribution in [0.1, 0.15) is 18.2 Å². The first kappa shape index (κ1) is 15.7. The lowest BCUT2D eigenvalue weighted by atomic mass is 10.2. The topological polar surface area (TPSA) is 115 Å². The van der Waals surface area contributed by atoms with Gasteiger partial charge in [-0.05, 0) is 32.0 Å². The summed E-state index contributed by atoms with van der Waals surface area (Å²) in [5.74, 6) is 0.414. The van der Waals surface area contributed by atoms with Crippen LogP contribution >= 0.6 is 0 Å². The van der Waals surface area contributed by atoms with Crippen molar-refractivity contribution in [3.63, 3.8) is 0 Å². The summed E-state index contributed by atoms with van der Waals surface area (Å²) >= 11 is 0. The first-order valence-electron chi connectivity index (χ1n) is 6.16. The molecule has 2 rings (SSSR count). The molecule has 0 unspecified atom stereocenters. The van der Waals surface area contributed by atoms with Crippen LogP contribution in [0.4, 0.5) is 5.69 Å². The number of furan rings is 1. The van der Waals surface area contributed by atoms with Gasteiger partial charge < -0.3 is 4.42 Å². The summed E-state index contributed by atoms with van der Waals surface area (Å²) in [5, 5.41) is 14.6. The smallest absolute Gasteiger partial charge is 0.276 e. The van der Waals surface area contributed by atoms with Crippen molar-refractivity contribution < 1.29 is 17.8 Å². The molecule has 0 atom stereocenters.